The van der Waals surface area contributed by atoms with E-state index in [2.05, 4.69) is 20.9 Å². The lowest BCUT2D eigenvalue weighted by atomic mass is 10.3. The number of rotatable bonds is 4. The van der Waals surface area contributed by atoms with Crippen molar-refractivity contribution < 1.29 is 9.72 Å². The topological polar surface area (TPSA) is 79.2 Å². The Morgan fingerprint density at radius 2 is 2.32 bits per heavy atom. The number of carbonyl (C=O) groups excluding carboxylic acids is 1. The molecule has 1 N–H and O–H groups in total. The first kappa shape index (κ1) is 13.8. The second kappa shape index (κ2) is 5.54. The van der Waals surface area contributed by atoms with Gasteiger partial charge in [0.1, 0.15) is 0 Å². The van der Waals surface area contributed by atoms with Gasteiger partial charge in [0.05, 0.1) is 6.54 Å². The van der Waals surface area contributed by atoms with Gasteiger partial charge >= 0.3 is 5.82 Å². The Morgan fingerprint density at radius 1 is 1.58 bits per heavy atom. The Kier molecular flexibility index (Phi) is 4.01. The number of H-pyrrole nitrogens is 1. The summed E-state index contributed by atoms with van der Waals surface area (Å²) < 4.78 is 0.976. The van der Waals surface area contributed by atoms with E-state index < -0.39 is 4.92 Å². The number of aromatic amines is 1. The minimum absolute atomic E-state index is 0.185. The van der Waals surface area contributed by atoms with Crippen LogP contribution < -0.4 is 0 Å². The van der Waals surface area contributed by atoms with Crippen LogP contribution in [-0.4, -0.2) is 27.8 Å². The highest BCUT2D eigenvalue weighted by atomic mass is 79.9. The second-order valence-electron chi connectivity index (χ2n) is 3.91. The van der Waals surface area contributed by atoms with Gasteiger partial charge in [-0.2, -0.15) is 0 Å². The Balaban J connectivity index is 2.07. The van der Waals surface area contributed by atoms with Gasteiger partial charge in [0.15, 0.2) is 5.69 Å². The van der Waals surface area contributed by atoms with Crippen molar-refractivity contribution >= 4 is 39.0 Å². The van der Waals surface area contributed by atoms with Crippen molar-refractivity contribution in [3.63, 3.8) is 0 Å². The molecular weight excluding hydrogens is 334 g/mol. The molecule has 0 unspecified atom stereocenters. The maximum absolute atomic E-state index is 12.1. The minimum Gasteiger partial charge on any atom is -0.358 e. The molecule has 6 nitrogen and oxygen atoms in total. The first-order valence-corrected chi connectivity index (χ1v) is 6.96. The van der Waals surface area contributed by atoms with Crippen LogP contribution in [0, 0.1) is 10.1 Å². The van der Waals surface area contributed by atoms with Gasteiger partial charge in [-0.15, -0.1) is 11.3 Å². The van der Waals surface area contributed by atoms with E-state index in [0.717, 1.165) is 9.35 Å². The lowest BCUT2D eigenvalue weighted by Crippen LogP contribution is -2.26. The Hall–Kier alpha value is -1.67. The lowest BCUT2D eigenvalue weighted by Gasteiger charge is -2.13. The fraction of sp³-hybridized carbons (Fsp3) is 0.182. The highest BCUT2D eigenvalue weighted by Gasteiger charge is 2.19. The number of hydrogen-bond donors (Lipinski definition) is 1. The molecule has 0 radical (unpaired) electrons. The predicted molar refractivity (Wildman–Crippen MR) is 75.3 cm³/mol. The smallest absolute Gasteiger partial charge is 0.321 e. The molecule has 19 heavy (non-hydrogen) atoms. The van der Waals surface area contributed by atoms with E-state index in [0.29, 0.717) is 6.54 Å². The molecular formula is C11H10BrN3O3S. The zero-order valence-electron chi connectivity index (χ0n) is 9.92. The summed E-state index contributed by atoms with van der Waals surface area (Å²) >= 11 is 4.89. The first-order chi connectivity index (χ1) is 8.97. The summed E-state index contributed by atoms with van der Waals surface area (Å²) in [5, 5.41) is 12.5. The molecule has 1 amide bonds. The van der Waals surface area contributed by atoms with E-state index in [1.165, 1.54) is 17.0 Å². The van der Waals surface area contributed by atoms with E-state index >= 15 is 0 Å². The largest absolute Gasteiger partial charge is 0.358 e. The maximum atomic E-state index is 12.1. The van der Waals surface area contributed by atoms with Gasteiger partial charge in [0.25, 0.3) is 5.91 Å². The average molecular weight is 344 g/mol. The number of carbonyl (C=O) groups is 1. The van der Waals surface area contributed by atoms with Crippen LogP contribution in [0.1, 0.15) is 15.4 Å². The standard InChI is InChI=1S/C11H10BrN3O3S/c1-14(5-8-4-7(12)6-19-8)11(16)9-2-3-10(13-9)15(17)18/h2-4,6,13H,5H2,1H3. The number of thiophene rings is 1. The van der Waals surface area contributed by atoms with Crippen LogP contribution in [0.15, 0.2) is 28.1 Å². The Bertz CT molecular complexity index is 622. The van der Waals surface area contributed by atoms with Gasteiger partial charge in [0, 0.05) is 27.8 Å². The summed E-state index contributed by atoms with van der Waals surface area (Å²) in [6, 6.07) is 4.63. The third-order valence-electron chi connectivity index (χ3n) is 2.46. The molecule has 0 fully saturated rings. The van der Waals surface area contributed by atoms with Crippen LogP contribution in [0.5, 0.6) is 0 Å². The SMILES string of the molecule is CN(Cc1cc(Br)cs1)C(=O)c1ccc([N+](=O)[O-])[nH]1. The van der Waals surface area contributed by atoms with E-state index in [9.17, 15) is 14.9 Å². The summed E-state index contributed by atoms with van der Waals surface area (Å²) in [4.78, 5) is 27.1. The van der Waals surface area contributed by atoms with Crippen molar-refractivity contribution in [3.05, 3.63) is 48.7 Å². The molecule has 2 aromatic heterocycles. The molecule has 0 saturated carbocycles. The third kappa shape index (κ3) is 3.21. The van der Waals surface area contributed by atoms with Crippen molar-refractivity contribution in [1.29, 1.82) is 0 Å². The number of nitrogens with zero attached hydrogens (tertiary/aromatic N) is 2. The van der Waals surface area contributed by atoms with E-state index in [1.807, 2.05) is 11.4 Å². The highest BCUT2D eigenvalue weighted by Crippen LogP contribution is 2.21. The maximum Gasteiger partial charge on any atom is 0.321 e. The number of halogens is 1. The van der Waals surface area contributed by atoms with Gasteiger partial charge in [-0.1, -0.05) is 0 Å². The van der Waals surface area contributed by atoms with Crippen LogP contribution in [0.25, 0.3) is 0 Å². The molecule has 2 heterocycles. The zero-order valence-corrected chi connectivity index (χ0v) is 12.3. The molecule has 0 spiro atoms. The molecule has 0 bridgehead atoms. The number of nitrogens with one attached hydrogen (secondary N) is 1. The molecule has 8 heteroatoms. The van der Waals surface area contributed by atoms with E-state index in [1.54, 1.807) is 18.4 Å². The van der Waals surface area contributed by atoms with Crippen LogP contribution in [0.3, 0.4) is 0 Å². The Labute approximate surface area is 121 Å². The summed E-state index contributed by atoms with van der Waals surface area (Å²) in [7, 11) is 1.66. The third-order valence-corrected chi connectivity index (χ3v) is 4.14. The van der Waals surface area contributed by atoms with Crippen LogP contribution in [0.4, 0.5) is 5.82 Å². The molecule has 0 aliphatic rings. The van der Waals surface area contributed by atoms with Gasteiger partial charge in [-0.25, -0.2) is 4.98 Å². The lowest BCUT2D eigenvalue weighted by molar-refractivity contribution is -0.389. The van der Waals surface area contributed by atoms with Crippen molar-refractivity contribution in [2.75, 3.05) is 7.05 Å². The summed E-state index contributed by atoms with van der Waals surface area (Å²) in [6.07, 6.45) is 0. The molecule has 2 rings (SSSR count). The fourth-order valence-electron chi connectivity index (χ4n) is 1.56. The van der Waals surface area contributed by atoms with Crippen molar-refractivity contribution in [3.8, 4) is 0 Å². The molecule has 100 valence electrons. The molecule has 0 aliphatic heterocycles. The van der Waals surface area contributed by atoms with Gasteiger partial charge in [-0.3, -0.25) is 4.79 Å². The van der Waals surface area contributed by atoms with Gasteiger partial charge in [-0.05, 0) is 33.0 Å². The minimum atomic E-state index is -0.562. The first-order valence-electron chi connectivity index (χ1n) is 5.29. The zero-order chi connectivity index (χ0) is 14.0. The van der Waals surface area contributed by atoms with E-state index in [4.69, 9.17) is 0 Å². The Morgan fingerprint density at radius 3 is 2.84 bits per heavy atom. The summed E-state index contributed by atoms with van der Waals surface area (Å²) in [5.74, 6) is -0.465. The van der Waals surface area contributed by atoms with E-state index in [-0.39, 0.29) is 17.4 Å². The summed E-state index contributed by atoms with van der Waals surface area (Å²) in [5.41, 5.74) is 0.213. The van der Waals surface area contributed by atoms with Crippen molar-refractivity contribution in [1.82, 2.24) is 9.88 Å². The monoisotopic (exact) mass is 343 g/mol. The number of hydrogen-bond acceptors (Lipinski definition) is 4. The molecule has 0 atom stereocenters. The predicted octanol–water partition coefficient (Wildman–Crippen LogP) is 3.02. The molecule has 0 saturated heterocycles. The fourth-order valence-corrected chi connectivity index (χ4v) is 3.07. The number of aromatic nitrogens is 1. The number of amides is 1. The normalized spacial score (nSPS) is 10.4. The van der Waals surface area contributed by atoms with Crippen molar-refractivity contribution in [2.24, 2.45) is 0 Å². The highest BCUT2D eigenvalue weighted by molar-refractivity contribution is 9.10. The van der Waals surface area contributed by atoms with Gasteiger partial charge < -0.3 is 15.0 Å². The van der Waals surface area contributed by atoms with Crippen LogP contribution in [0.2, 0.25) is 0 Å². The van der Waals surface area contributed by atoms with Crippen LogP contribution >= 0.6 is 27.3 Å². The quantitative estimate of drug-likeness (QED) is 0.684. The number of nitro groups is 1. The molecule has 2 aromatic rings. The summed E-state index contributed by atoms with van der Waals surface area (Å²) in [6.45, 7) is 0.460. The second-order valence-corrected chi connectivity index (χ2v) is 5.82. The van der Waals surface area contributed by atoms with Crippen molar-refractivity contribution in [2.45, 2.75) is 6.54 Å². The molecule has 0 aliphatic carbocycles. The van der Waals surface area contributed by atoms with Gasteiger partial charge in [0.2, 0.25) is 0 Å². The van der Waals surface area contributed by atoms with Crippen LogP contribution in [-0.2, 0) is 6.54 Å². The average Bonchev–Trinajstić information content (AvgIpc) is 2.97. The molecule has 0 aromatic carbocycles.